The number of Topliss-reactive ketones (excluding diaryl/α,β-unsaturated/α-hetero) is 1. The summed E-state index contributed by atoms with van der Waals surface area (Å²) >= 11 is 12.5. The number of carbonyl (C=O) groups excluding carboxylic acids is 1. The van der Waals surface area contributed by atoms with E-state index < -0.39 is 0 Å². The molecular weight excluding hydrogens is 457 g/mol. The van der Waals surface area contributed by atoms with E-state index in [1.165, 1.54) is 0 Å². The second kappa shape index (κ2) is 8.62. The van der Waals surface area contributed by atoms with Crippen LogP contribution in [0.2, 0.25) is 10.0 Å². The molecule has 1 aromatic heterocycles. The summed E-state index contributed by atoms with van der Waals surface area (Å²) in [7, 11) is 0. The molecule has 1 aliphatic heterocycles. The molecule has 0 unspecified atom stereocenters. The van der Waals surface area contributed by atoms with Crippen LogP contribution in [0.1, 0.15) is 34.0 Å². The number of hydrogen-bond donors (Lipinski definition) is 0. The molecule has 0 atom stereocenters. The van der Waals surface area contributed by atoms with Crippen molar-refractivity contribution in [3.05, 3.63) is 98.9 Å². The normalized spacial score (nSPS) is 14.1. The molecule has 33 heavy (non-hydrogen) atoms. The lowest BCUT2D eigenvalue weighted by molar-refractivity contribution is 0.101. The topological polar surface area (TPSA) is 40.5 Å². The molecule has 3 aromatic carbocycles. The average Bonchev–Trinajstić information content (AvgIpc) is 3.33. The average molecular weight is 478 g/mol. The lowest BCUT2D eigenvalue weighted by atomic mass is 10.1. The molecule has 4 aromatic rings. The molecule has 0 bridgehead atoms. The Labute approximate surface area is 202 Å². The first-order valence-corrected chi connectivity index (χ1v) is 11.4. The molecule has 6 heteroatoms. The Kier molecular flexibility index (Phi) is 5.65. The van der Waals surface area contributed by atoms with E-state index in [0.717, 1.165) is 28.6 Å². The quantitative estimate of drug-likeness (QED) is 0.280. The first kappa shape index (κ1) is 21.6. The maximum Gasteiger partial charge on any atom is 0.231 e. The third-order valence-corrected chi connectivity index (χ3v) is 6.63. The van der Waals surface area contributed by atoms with E-state index in [0.29, 0.717) is 38.4 Å². The Morgan fingerprint density at radius 1 is 1.03 bits per heavy atom. The predicted molar refractivity (Wildman–Crippen MR) is 133 cm³/mol. The van der Waals surface area contributed by atoms with Crippen molar-refractivity contribution in [1.82, 2.24) is 4.57 Å². The van der Waals surface area contributed by atoms with Crippen LogP contribution < -0.4 is 9.47 Å². The van der Waals surface area contributed by atoms with E-state index in [1.807, 2.05) is 31.3 Å². The van der Waals surface area contributed by atoms with Gasteiger partial charge in [0.05, 0.1) is 5.56 Å². The van der Waals surface area contributed by atoms with Gasteiger partial charge in [-0.15, -0.1) is 0 Å². The molecular formula is C27H21Cl2NO3. The number of aromatic nitrogens is 1. The van der Waals surface area contributed by atoms with Crippen LogP contribution in [-0.4, -0.2) is 10.4 Å². The van der Waals surface area contributed by atoms with Gasteiger partial charge in [0.2, 0.25) is 5.78 Å². The van der Waals surface area contributed by atoms with Crippen molar-refractivity contribution in [2.24, 2.45) is 0 Å². The van der Waals surface area contributed by atoms with Gasteiger partial charge in [-0.1, -0.05) is 47.5 Å². The lowest BCUT2D eigenvalue weighted by Gasteiger charge is -2.13. The van der Waals surface area contributed by atoms with Crippen LogP contribution >= 0.6 is 23.2 Å². The zero-order valence-electron chi connectivity index (χ0n) is 18.2. The molecule has 0 aliphatic carbocycles. The highest BCUT2D eigenvalue weighted by atomic mass is 35.5. The molecule has 5 rings (SSSR count). The highest BCUT2D eigenvalue weighted by Gasteiger charge is 2.30. The Bertz CT molecular complexity index is 1410. The van der Waals surface area contributed by atoms with E-state index in [4.69, 9.17) is 32.7 Å². The van der Waals surface area contributed by atoms with Crippen LogP contribution in [0.5, 0.6) is 11.5 Å². The first-order chi connectivity index (χ1) is 16.0. The number of carbonyl (C=O) groups is 1. The van der Waals surface area contributed by atoms with E-state index in [1.54, 1.807) is 30.3 Å². The molecule has 0 amide bonds. The summed E-state index contributed by atoms with van der Waals surface area (Å²) in [5.74, 6) is 1.30. The SMILES string of the molecule is CCn1cc(C=C2Oc3c(ccc(OCc4c(Cl)cccc4Cl)c3C)C2=O)c2ccccc21. The second-order valence-corrected chi connectivity index (χ2v) is 8.70. The maximum absolute atomic E-state index is 13.1. The number of fused-ring (bicyclic) bond motifs is 2. The number of allylic oxidation sites excluding steroid dienone is 1. The minimum atomic E-state index is -0.137. The Balaban J connectivity index is 1.45. The number of benzene rings is 3. The summed E-state index contributed by atoms with van der Waals surface area (Å²) in [5, 5.41) is 2.17. The minimum Gasteiger partial charge on any atom is -0.488 e. The van der Waals surface area contributed by atoms with E-state index in [9.17, 15) is 4.79 Å². The van der Waals surface area contributed by atoms with Crippen molar-refractivity contribution in [1.29, 1.82) is 0 Å². The number of para-hydroxylation sites is 1. The van der Waals surface area contributed by atoms with Gasteiger partial charge in [0.25, 0.3) is 0 Å². The third kappa shape index (κ3) is 3.79. The van der Waals surface area contributed by atoms with Gasteiger partial charge in [-0.3, -0.25) is 4.79 Å². The van der Waals surface area contributed by atoms with Crippen molar-refractivity contribution < 1.29 is 14.3 Å². The van der Waals surface area contributed by atoms with Gasteiger partial charge in [0.1, 0.15) is 18.1 Å². The summed E-state index contributed by atoms with van der Waals surface area (Å²) in [6.07, 6.45) is 3.87. The smallest absolute Gasteiger partial charge is 0.231 e. The molecule has 0 saturated heterocycles. The zero-order valence-corrected chi connectivity index (χ0v) is 19.7. The van der Waals surface area contributed by atoms with Gasteiger partial charge in [-0.2, -0.15) is 0 Å². The van der Waals surface area contributed by atoms with Gasteiger partial charge >= 0.3 is 0 Å². The van der Waals surface area contributed by atoms with Crippen LogP contribution in [-0.2, 0) is 13.2 Å². The molecule has 1 aliphatic rings. The van der Waals surface area contributed by atoms with E-state index in [2.05, 4.69) is 23.6 Å². The van der Waals surface area contributed by atoms with Crippen molar-refractivity contribution in [2.75, 3.05) is 0 Å². The van der Waals surface area contributed by atoms with Crippen LogP contribution in [0.3, 0.4) is 0 Å². The Hall–Kier alpha value is -3.21. The van der Waals surface area contributed by atoms with Crippen LogP contribution in [0.15, 0.2) is 66.6 Å². The molecule has 2 heterocycles. The molecule has 0 fully saturated rings. The van der Waals surface area contributed by atoms with Gasteiger partial charge in [0, 0.05) is 50.4 Å². The zero-order chi connectivity index (χ0) is 23.1. The largest absolute Gasteiger partial charge is 0.488 e. The fourth-order valence-electron chi connectivity index (χ4n) is 4.14. The molecule has 4 nitrogen and oxygen atoms in total. The molecule has 0 saturated carbocycles. The summed E-state index contributed by atoms with van der Waals surface area (Å²) in [6.45, 7) is 5.03. The fraction of sp³-hybridized carbons (Fsp3) is 0.148. The molecule has 0 N–H and O–H groups in total. The van der Waals surface area contributed by atoms with Gasteiger partial charge < -0.3 is 14.0 Å². The number of halogens is 2. The van der Waals surface area contributed by atoms with Gasteiger partial charge in [-0.05, 0) is 50.3 Å². The summed E-state index contributed by atoms with van der Waals surface area (Å²) < 4.78 is 14.2. The van der Waals surface area contributed by atoms with Crippen LogP contribution in [0.25, 0.3) is 17.0 Å². The summed E-state index contributed by atoms with van der Waals surface area (Å²) in [5.41, 5.74) is 4.07. The first-order valence-electron chi connectivity index (χ1n) is 10.7. The molecule has 0 radical (unpaired) electrons. The monoisotopic (exact) mass is 477 g/mol. The van der Waals surface area contributed by atoms with Gasteiger partial charge in [-0.25, -0.2) is 0 Å². The maximum atomic E-state index is 13.1. The summed E-state index contributed by atoms with van der Waals surface area (Å²) in [6, 6.07) is 17.0. The highest BCUT2D eigenvalue weighted by molar-refractivity contribution is 6.35. The fourth-order valence-corrected chi connectivity index (χ4v) is 4.64. The van der Waals surface area contributed by atoms with Crippen molar-refractivity contribution in [2.45, 2.75) is 27.0 Å². The second-order valence-electron chi connectivity index (χ2n) is 7.88. The van der Waals surface area contributed by atoms with Crippen LogP contribution in [0.4, 0.5) is 0 Å². The van der Waals surface area contributed by atoms with Crippen molar-refractivity contribution >= 4 is 46.0 Å². The standard InChI is InChI=1S/C27H21Cl2NO3/c1-3-30-14-17(18-7-4-5-10-23(18)30)13-25-26(31)19-11-12-24(16(2)27(19)33-25)32-15-20-21(28)8-6-9-22(20)29/h4-14H,3,15H2,1-2H3. The Morgan fingerprint density at radius 3 is 2.55 bits per heavy atom. The summed E-state index contributed by atoms with van der Waals surface area (Å²) in [4.78, 5) is 13.1. The minimum absolute atomic E-state index is 0.137. The van der Waals surface area contributed by atoms with Crippen molar-refractivity contribution in [3.8, 4) is 11.5 Å². The Morgan fingerprint density at radius 2 is 1.79 bits per heavy atom. The van der Waals surface area contributed by atoms with Crippen LogP contribution in [0, 0.1) is 6.92 Å². The number of rotatable bonds is 5. The lowest BCUT2D eigenvalue weighted by Crippen LogP contribution is -2.00. The van der Waals surface area contributed by atoms with Crippen molar-refractivity contribution in [3.63, 3.8) is 0 Å². The predicted octanol–water partition coefficient (Wildman–Crippen LogP) is 7.47. The van der Waals surface area contributed by atoms with E-state index >= 15 is 0 Å². The molecule has 166 valence electrons. The number of ketones is 1. The van der Waals surface area contributed by atoms with Gasteiger partial charge in [0.15, 0.2) is 5.76 Å². The number of aryl methyl sites for hydroxylation is 1. The van der Waals surface area contributed by atoms with E-state index in [-0.39, 0.29) is 12.4 Å². The number of ether oxygens (including phenoxy) is 2. The highest BCUT2D eigenvalue weighted by Crippen LogP contribution is 2.40. The molecule has 0 spiro atoms. The number of hydrogen-bond acceptors (Lipinski definition) is 3. The number of nitrogens with zero attached hydrogens (tertiary/aromatic N) is 1. The third-order valence-electron chi connectivity index (χ3n) is 5.92.